The zero-order chi connectivity index (χ0) is 17.7. The monoisotopic (exact) mass is 318 g/mol. The zero-order valence-electron chi connectivity index (χ0n) is 15.9. The zero-order valence-corrected chi connectivity index (χ0v) is 15.9. The molecule has 0 saturated carbocycles. The number of hydrogen-bond donors (Lipinski definition) is 0. The van der Waals surface area contributed by atoms with E-state index >= 15 is 0 Å². The summed E-state index contributed by atoms with van der Waals surface area (Å²) < 4.78 is 4.62. The minimum Gasteiger partial charge on any atom is -0.466 e. The Labute approximate surface area is 143 Å². The van der Waals surface area contributed by atoms with Crippen molar-refractivity contribution in [3.8, 4) is 0 Å². The molecule has 0 aromatic rings. The first kappa shape index (κ1) is 21.4. The molecule has 130 valence electrons. The van der Waals surface area contributed by atoms with Gasteiger partial charge in [0.2, 0.25) is 0 Å². The number of ether oxygens (including phenoxy) is 1. The summed E-state index contributed by atoms with van der Waals surface area (Å²) >= 11 is 0. The lowest BCUT2D eigenvalue weighted by molar-refractivity contribution is -0.134. The average Bonchev–Trinajstić information content (AvgIpc) is 2.46. The molecule has 0 aliphatic rings. The minimum absolute atomic E-state index is 0.267. The fourth-order valence-corrected chi connectivity index (χ4v) is 2.22. The molecule has 0 unspecified atom stereocenters. The van der Waals surface area contributed by atoms with E-state index in [4.69, 9.17) is 0 Å². The third-order valence-electron chi connectivity index (χ3n) is 3.72. The Kier molecular flexibility index (Phi) is 12.0. The van der Waals surface area contributed by atoms with Gasteiger partial charge in [0.05, 0.1) is 7.11 Å². The molecule has 0 amide bonds. The van der Waals surface area contributed by atoms with Crippen molar-refractivity contribution in [2.24, 2.45) is 0 Å². The van der Waals surface area contributed by atoms with Crippen LogP contribution in [0.5, 0.6) is 0 Å². The van der Waals surface area contributed by atoms with Crippen LogP contribution < -0.4 is 0 Å². The lowest BCUT2D eigenvalue weighted by Gasteiger charge is -2.02. The molecule has 0 fully saturated rings. The fraction of sp³-hybridized carbons (Fsp3) is 0.571. The van der Waals surface area contributed by atoms with Crippen LogP contribution in [0.2, 0.25) is 0 Å². The van der Waals surface area contributed by atoms with Crippen molar-refractivity contribution >= 4 is 5.97 Å². The highest BCUT2D eigenvalue weighted by atomic mass is 16.5. The van der Waals surface area contributed by atoms with Gasteiger partial charge in [-0.25, -0.2) is 4.79 Å². The summed E-state index contributed by atoms with van der Waals surface area (Å²) in [4.78, 5) is 11.1. The van der Waals surface area contributed by atoms with Crippen LogP contribution in [0, 0.1) is 0 Å². The normalized spacial score (nSPS) is 13.0. The van der Waals surface area contributed by atoms with Gasteiger partial charge >= 0.3 is 5.97 Å². The van der Waals surface area contributed by atoms with Crippen molar-refractivity contribution in [1.82, 2.24) is 0 Å². The van der Waals surface area contributed by atoms with Gasteiger partial charge in [-0.1, -0.05) is 40.5 Å². The van der Waals surface area contributed by atoms with Crippen molar-refractivity contribution in [3.63, 3.8) is 0 Å². The molecule has 0 aromatic heterocycles. The van der Waals surface area contributed by atoms with Crippen LogP contribution in [0.1, 0.15) is 73.1 Å². The number of carbonyl (C=O) groups is 1. The highest BCUT2D eigenvalue weighted by molar-refractivity contribution is 5.82. The molecule has 0 bridgehead atoms. The van der Waals surface area contributed by atoms with E-state index in [9.17, 15) is 4.79 Å². The number of allylic oxidation sites excluding steroid dienone is 7. The molecule has 0 spiro atoms. The first-order valence-electron chi connectivity index (χ1n) is 8.55. The van der Waals surface area contributed by atoms with E-state index in [1.165, 1.54) is 23.8 Å². The topological polar surface area (TPSA) is 26.3 Å². The average molecular weight is 319 g/mol. The third-order valence-corrected chi connectivity index (χ3v) is 3.72. The first-order chi connectivity index (χ1) is 10.8. The van der Waals surface area contributed by atoms with Gasteiger partial charge in [0.15, 0.2) is 0 Å². The Balaban J connectivity index is 4.05. The van der Waals surface area contributed by atoms with Crippen LogP contribution in [0.4, 0.5) is 0 Å². The van der Waals surface area contributed by atoms with Crippen LogP contribution >= 0.6 is 0 Å². The predicted octanol–water partition coefficient (Wildman–Crippen LogP) is 6.31. The summed E-state index contributed by atoms with van der Waals surface area (Å²) in [5, 5.41) is 0. The van der Waals surface area contributed by atoms with Crippen LogP contribution in [-0.4, -0.2) is 13.1 Å². The molecule has 2 nitrogen and oxygen atoms in total. The Morgan fingerprint density at radius 1 is 0.739 bits per heavy atom. The van der Waals surface area contributed by atoms with Gasteiger partial charge in [0, 0.05) is 6.08 Å². The molecule has 0 radical (unpaired) electrons. The molecule has 0 saturated heterocycles. The molecule has 2 heteroatoms. The lowest BCUT2D eigenvalue weighted by Crippen LogP contribution is -1.95. The molecule has 0 aliphatic carbocycles. The molecule has 0 aromatic carbocycles. The second kappa shape index (κ2) is 12.9. The maximum absolute atomic E-state index is 11.1. The molecule has 0 N–H and O–H groups in total. The number of rotatable bonds is 10. The third kappa shape index (κ3) is 13.8. The van der Waals surface area contributed by atoms with Gasteiger partial charge in [-0.2, -0.15) is 0 Å². The Morgan fingerprint density at radius 2 is 1.17 bits per heavy atom. The SMILES string of the molecule is COC(=O)/C=C(\C)CC/C=C(\C)CC/C=C(\C)CCC=C(C)C. The second-order valence-electron chi connectivity index (χ2n) is 6.51. The molecule has 0 heterocycles. The smallest absolute Gasteiger partial charge is 0.330 e. The highest BCUT2D eigenvalue weighted by Gasteiger charge is 1.96. The molecular formula is C21H34O2. The quantitative estimate of drug-likeness (QED) is 0.268. The molecule has 23 heavy (non-hydrogen) atoms. The summed E-state index contributed by atoms with van der Waals surface area (Å²) in [6.07, 6.45) is 14.9. The molecule has 0 rings (SSSR count). The van der Waals surface area contributed by atoms with Gasteiger partial charge in [-0.3, -0.25) is 0 Å². The van der Waals surface area contributed by atoms with Gasteiger partial charge in [0.25, 0.3) is 0 Å². The minimum atomic E-state index is -0.267. The van der Waals surface area contributed by atoms with E-state index in [1.54, 1.807) is 6.08 Å². The van der Waals surface area contributed by atoms with Crippen molar-refractivity contribution in [2.75, 3.05) is 7.11 Å². The van der Waals surface area contributed by atoms with Gasteiger partial charge in [-0.05, 0) is 73.1 Å². The van der Waals surface area contributed by atoms with Crippen LogP contribution in [0.3, 0.4) is 0 Å². The Bertz CT molecular complexity index is 472. The maximum atomic E-state index is 11.1. The summed E-state index contributed by atoms with van der Waals surface area (Å²) in [6.45, 7) is 10.7. The number of esters is 1. The van der Waals surface area contributed by atoms with Crippen molar-refractivity contribution in [3.05, 3.63) is 46.6 Å². The fourth-order valence-electron chi connectivity index (χ4n) is 2.22. The maximum Gasteiger partial charge on any atom is 0.330 e. The molecule has 0 aliphatic heterocycles. The van der Waals surface area contributed by atoms with Crippen molar-refractivity contribution in [1.29, 1.82) is 0 Å². The van der Waals surface area contributed by atoms with Crippen molar-refractivity contribution < 1.29 is 9.53 Å². The van der Waals surface area contributed by atoms with Crippen LogP contribution in [0.25, 0.3) is 0 Å². The Hall–Kier alpha value is -1.57. The number of methoxy groups -OCH3 is 1. The number of hydrogen-bond acceptors (Lipinski definition) is 2. The lowest BCUT2D eigenvalue weighted by atomic mass is 10.0. The first-order valence-corrected chi connectivity index (χ1v) is 8.55. The van der Waals surface area contributed by atoms with E-state index in [-0.39, 0.29) is 5.97 Å². The molecular weight excluding hydrogens is 284 g/mol. The standard InChI is InChI=1S/C21H34O2/c1-17(2)10-7-11-18(3)12-8-13-19(4)14-9-15-20(5)16-21(22)23-6/h10,12,14,16H,7-9,11,13,15H2,1-6H3/b18-12+,19-14+,20-16+. The van der Waals surface area contributed by atoms with Gasteiger partial charge < -0.3 is 4.74 Å². The van der Waals surface area contributed by atoms with E-state index < -0.39 is 0 Å². The van der Waals surface area contributed by atoms with E-state index in [0.29, 0.717) is 0 Å². The van der Waals surface area contributed by atoms with Gasteiger partial charge in [0.1, 0.15) is 0 Å². The summed E-state index contributed by atoms with van der Waals surface area (Å²) in [5.41, 5.74) is 5.36. The number of carbonyl (C=O) groups excluding carboxylic acids is 1. The van der Waals surface area contributed by atoms with Crippen LogP contribution in [-0.2, 0) is 9.53 Å². The second-order valence-corrected chi connectivity index (χ2v) is 6.51. The van der Waals surface area contributed by atoms with E-state index in [0.717, 1.165) is 44.1 Å². The van der Waals surface area contributed by atoms with Gasteiger partial charge in [-0.15, -0.1) is 0 Å². The summed E-state index contributed by atoms with van der Waals surface area (Å²) in [5.74, 6) is -0.267. The largest absolute Gasteiger partial charge is 0.466 e. The highest BCUT2D eigenvalue weighted by Crippen LogP contribution is 2.13. The summed E-state index contributed by atoms with van der Waals surface area (Å²) in [7, 11) is 1.41. The van der Waals surface area contributed by atoms with Crippen molar-refractivity contribution in [2.45, 2.75) is 73.1 Å². The predicted molar refractivity (Wildman–Crippen MR) is 100 cm³/mol. The van der Waals surface area contributed by atoms with E-state index in [1.807, 2.05) is 6.92 Å². The van der Waals surface area contributed by atoms with Crippen LogP contribution in [0.15, 0.2) is 46.6 Å². The molecule has 0 atom stereocenters. The Morgan fingerprint density at radius 3 is 1.61 bits per heavy atom. The van der Waals surface area contributed by atoms with E-state index in [2.05, 4.69) is 50.7 Å². The summed E-state index contributed by atoms with van der Waals surface area (Å²) in [6, 6.07) is 0.